The maximum Gasteiger partial charge on any atom is 0.308 e. The minimum atomic E-state index is -0.828. The van der Waals surface area contributed by atoms with E-state index in [0.29, 0.717) is 12.1 Å². The number of amides is 1. The molecule has 2 atom stereocenters. The Labute approximate surface area is 120 Å². The molecule has 1 amide bonds. The van der Waals surface area contributed by atoms with E-state index in [1.54, 1.807) is 11.0 Å². The van der Waals surface area contributed by atoms with Crippen molar-refractivity contribution in [3.05, 3.63) is 33.8 Å². The van der Waals surface area contributed by atoms with Crippen LogP contribution in [0.2, 0.25) is 0 Å². The number of rotatable bonds is 2. The Kier molecular flexibility index (Phi) is 3.94. The van der Waals surface area contributed by atoms with Crippen molar-refractivity contribution in [1.82, 2.24) is 4.90 Å². The molecule has 1 N–H and O–H groups in total. The molecule has 0 aromatic heterocycles. The minimum Gasteiger partial charge on any atom is -0.481 e. The van der Waals surface area contributed by atoms with E-state index in [4.69, 9.17) is 5.11 Å². The number of carbonyl (C=O) groups excluding carboxylic acids is 1. The van der Waals surface area contributed by atoms with Gasteiger partial charge >= 0.3 is 5.97 Å². The first kappa shape index (κ1) is 14.1. The second-order valence-corrected chi connectivity index (χ2v) is 5.97. The lowest BCUT2D eigenvalue weighted by Gasteiger charge is -2.17. The van der Waals surface area contributed by atoms with Crippen molar-refractivity contribution in [1.29, 1.82) is 0 Å². The summed E-state index contributed by atoms with van der Waals surface area (Å²) in [6, 6.07) is 5.55. The minimum absolute atomic E-state index is 0.00864. The van der Waals surface area contributed by atoms with Crippen LogP contribution in [0, 0.1) is 18.8 Å². The average Bonchev–Trinajstić information content (AvgIpc) is 2.70. The van der Waals surface area contributed by atoms with Crippen LogP contribution in [0.5, 0.6) is 0 Å². The van der Waals surface area contributed by atoms with Crippen LogP contribution in [0.1, 0.15) is 22.8 Å². The monoisotopic (exact) mass is 325 g/mol. The molecule has 5 heteroatoms. The number of hydrogen-bond acceptors (Lipinski definition) is 2. The van der Waals surface area contributed by atoms with Crippen molar-refractivity contribution in [2.45, 2.75) is 13.8 Å². The van der Waals surface area contributed by atoms with Crippen molar-refractivity contribution in [3.8, 4) is 0 Å². The summed E-state index contributed by atoms with van der Waals surface area (Å²) >= 11 is 3.39. The first-order chi connectivity index (χ1) is 8.90. The third-order valence-corrected chi connectivity index (χ3v) is 4.23. The lowest BCUT2D eigenvalue weighted by atomic mass is 9.99. The molecule has 0 aliphatic carbocycles. The SMILES string of the molecule is Cc1ccc(C(=O)N2C[C@@H](C)[C@H](C(=O)O)C2)c(Br)c1. The fraction of sp³-hybridized carbons (Fsp3) is 0.429. The number of likely N-dealkylation sites (tertiary alicyclic amines) is 1. The van der Waals surface area contributed by atoms with E-state index in [9.17, 15) is 9.59 Å². The van der Waals surface area contributed by atoms with Crippen LogP contribution < -0.4 is 0 Å². The lowest BCUT2D eigenvalue weighted by Crippen LogP contribution is -2.30. The molecule has 0 bridgehead atoms. The van der Waals surface area contributed by atoms with Gasteiger partial charge in [0.05, 0.1) is 11.5 Å². The Morgan fingerprint density at radius 1 is 1.37 bits per heavy atom. The Morgan fingerprint density at radius 2 is 2.05 bits per heavy atom. The van der Waals surface area contributed by atoms with Crippen LogP contribution in [0.4, 0.5) is 0 Å². The van der Waals surface area contributed by atoms with Crippen molar-refractivity contribution >= 4 is 27.8 Å². The van der Waals surface area contributed by atoms with Crippen molar-refractivity contribution < 1.29 is 14.7 Å². The number of halogens is 1. The highest BCUT2D eigenvalue weighted by Crippen LogP contribution is 2.27. The second-order valence-electron chi connectivity index (χ2n) is 5.12. The van der Waals surface area contributed by atoms with Crippen LogP contribution in [-0.4, -0.2) is 35.0 Å². The van der Waals surface area contributed by atoms with Gasteiger partial charge in [0.15, 0.2) is 0 Å². The number of carbonyl (C=O) groups is 2. The van der Waals surface area contributed by atoms with Gasteiger partial charge in [-0.05, 0) is 46.5 Å². The predicted octanol–water partition coefficient (Wildman–Crippen LogP) is 2.55. The van der Waals surface area contributed by atoms with Crippen LogP contribution in [0.25, 0.3) is 0 Å². The van der Waals surface area contributed by atoms with E-state index < -0.39 is 11.9 Å². The highest BCUT2D eigenvalue weighted by Gasteiger charge is 2.37. The molecule has 2 rings (SSSR count). The van der Waals surface area contributed by atoms with Gasteiger partial charge in [0.2, 0.25) is 0 Å². The normalized spacial score (nSPS) is 22.6. The molecule has 1 saturated heterocycles. The summed E-state index contributed by atoms with van der Waals surface area (Å²) in [5.74, 6) is -1.41. The Balaban J connectivity index is 2.19. The number of aryl methyl sites for hydroxylation is 1. The topological polar surface area (TPSA) is 57.6 Å². The molecular formula is C14H16BrNO3. The third-order valence-electron chi connectivity index (χ3n) is 3.57. The smallest absolute Gasteiger partial charge is 0.308 e. The summed E-state index contributed by atoms with van der Waals surface area (Å²) in [6.07, 6.45) is 0. The predicted molar refractivity (Wildman–Crippen MR) is 75.1 cm³/mol. The van der Waals surface area contributed by atoms with Gasteiger partial charge in [0.1, 0.15) is 0 Å². The zero-order chi connectivity index (χ0) is 14.2. The van der Waals surface area contributed by atoms with Gasteiger partial charge in [-0.3, -0.25) is 9.59 Å². The summed E-state index contributed by atoms with van der Waals surface area (Å²) in [4.78, 5) is 25.1. The van der Waals surface area contributed by atoms with Crippen LogP contribution >= 0.6 is 15.9 Å². The quantitative estimate of drug-likeness (QED) is 0.909. The number of nitrogens with zero attached hydrogens (tertiary/aromatic N) is 1. The molecule has 0 radical (unpaired) electrons. The summed E-state index contributed by atoms with van der Waals surface area (Å²) < 4.78 is 0.754. The van der Waals surface area contributed by atoms with Gasteiger partial charge in [-0.1, -0.05) is 13.0 Å². The molecule has 19 heavy (non-hydrogen) atoms. The van der Waals surface area contributed by atoms with Crippen LogP contribution in [0.3, 0.4) is 0 Å². The van der Waals surface area contributed by atoms with Crippen molar-refractivity contribution in [2.75, 3.05) is 13.1 Å². The first-order valence-corrected chi connectivity index (χ1v) is 6.97. The van der Waals surface area contributed by atoms with E-state index >= 15 is 0 Å². The highest BCUT2D eigenvalue weighted by molar-refractivity contribution is 9.10. The molecule has 1 aromatic carbocycles. The third kappa shape index (κ3) is 2.81. The van der Waals surface area contributed by atoms with Crippen molar-refractivity contribution in [2.24, 2.45) is 11.8 Å². The van der Waals surface area contributed by atoms with E-state index in [1.807, 2.05) is 26.0 Å². The first-order valence-electron chi connectivity index (χ1n) is 6.18. The fourth-order valence-corrected chi connectivity index (χ4v) is 3.08. The van der Waals surface area contributed by atoms with Crippen LogP contribution in [0.15, 0.2) is 22.7 Å². The molecule has 1 aliphatic rings. The highest BCUT2D eigenvalue weighted by atomic mass is 79.9. The molecule has 1 heterocycles. The van der Waals surface area contributed by atoms with Gasteiger partial charge in [-0.2, -0.15) is 0 Å². The van der Waals surface area contributed by atoms with E-state index in [1.165, 1.54) is 0 Å². The molecule has 102 valence electrons. The van der Waals surface area contributed by atoms with Gasteiger partial charge in [-0.25, -0.2) is 0 Å². The Morgan fingerprint density at radius 3 is 2.58 bits per heavy atom. The zero-order valence-electron chi connectivity index (χ0n) is 10.9. The molecule has 4 nitrogen and oxygen atoms in total. The molecule has 0 unspecified atom stereocenters. The summed E-state index contributed by atoms with van der Waals surface area (Å²) in [6.45, 7) is 4.61. The number of benzene rings is 1. The lowest BCUT2D eigenvalue weighted by molar-refractivity contribution is -0.142. The summed E-state index contributed by atoms with van der Waals surface area (Å²) in [5, 5.41) is 9.10. The second kappa shape index (κ2) is 5.33. The molecule has 0 spiro atoms. The van der Waals surface area contributed by atoms with Gasteiger partial charge < -0.3 is 10.0 Å². The molecule has 1 fully saturated rings. The molecular weight excluding hydrogens is 310 g/mol. The van der Waals surface area contributed by atoms with Gasteiger partial charge in [0, 0.05) is 17.6 Å². The number of hydrogen-bond donors (Lipinski definition) is 1. The number of aliphatic carboxylic acids is 1. The average molecular weight is 326 g/mol. The Hall–Kier alpha value is -1.36. The van der Waals surface area contributed by atoms with E-state index in [2.05, 4.69) is 15.9 Å². The van der Waals surface area contributed by atoms with E-state index in [0.717, 1.165) is 10.0 Å². The van der Waals surface area contributed by atoms with Gasteiger partial charge in [0.25, 0.3) is 5.91 Å². The Bertz CT molecular complexity index is 529. The number of carboxylic acids is 1. The maximum absolute atomic E-state index is 12.4. The van der Waals surface area contributed by atoms with E-state index in [-0.39, 0.29) is 18.4 Å². The molecule has 1 aliphatic heterocycles. The van der Waals surface area contributed by atoms with Crippen LogP contribution in [-0.2, 0) is 4.79 Å². The zero-order valence-corrected chi connectivity index (χ0v) is 12.5. The van der Waals surface area contributed by atoms with Gasteiger partial charge in [-0.15, -0.1) is 0 Å². The maximum atomic E-state index is 12.4. The molecule has 1 aromatic rings. The largest absolute Gasteiger partial charge is 0.481 e. The summed E-state index contributed by atoms with van der Waals surface area (Å²) in [5.41, 5.74) is 1.66. The number of carboxylic acid groups (broad SMARTS) is 1. The summed E-state index contributed by atoms with van der Waals surface area (Å²) in [7, 11) is 0. The standard InChI is InChI=1S/C14H16BrNO3/c1-8-3-4-10(12(15)5-8)13(17)16-6-9(2)11(7-16)14(18)19/h3-5,9,11H,6-7H2,1-2H3,(H,18,19)/t9-,11-/m1/s1. The fourth-order valence-electron chi connectivity index (χ4n) is 2.42. The van der Waals surface area contributed by atoms with Crippen molar-refractivity contribution in [3.63, 3.8) is 0 Å². The molecule has 0 saturated carbocycles.